The molecule has 0 saturated heterocycles. The molecule has 0 unspecified atom stereocenters. The maximum Gasteiger partial charge on any atom is 0.0648 e. The SMILES string of the molecule is CC(C)CCN(CCC(C)(C)OCC(C)(C)N)CCC(C)(C)OCC(C)(C)N. The topological polar surface area (TPSA) is 73.7 Å². The fourth-order valence-electron chi connectivity index (χ4n) is 2.54. The van der Waals surface area contributed by atoms with Gasteiger partial charge in [-0.25, -0.2) is 0 Å². The van der Waals surface area contributed by atoms with Crippen LogP contribution in [0.2, 0.25) is 0 Å². The Labute approximate surface area is 175 Å². The van der Waals surface area contributed by atoms with Crippen LogP contribution in [0.4, 0.5) is 0 Å². The van der Waals surface area contributed by atoms with E-state index in [-0.39, 0.29) is 22.3 Å². The molecule has 170 valence electrons. The minimum atomic E-state index is -0.299. The van der Waals surface area contributed by atoms with E-state index in [9.17, 15) is 0 Å². The predicted molar refractivity (Wildman–Crippen MR) is 122 cm³/mol. The maximum absolute atomic E-state index is 6.10. The van der Waals surface area contributed by atoms with E-state index in [1.807, 2.05) is 27.7 Å². The largest absolute Gasteiger partial charge is 0.374 e. The molecule has 0 aliphatic heterocycles. The molecular formula is C23H51N3O2. The number of hydrogen-bond donors (Lipinski definition) is 2. The first kappa shape index (κ1) is 27.8. The summed E-state index contributed by atoms with van der Waals surface area (Å²) in [6.45, 7) is 25.5. The average Bonchev–Trinajstić information content (AvgIpc) is 2.49. The van der Waals surface area contributed by atoms with Crippen LogP contribution in [0.5, 0.6) is 0 Å². The van der Waals surface area contributed by atoms with Crippen LogP contribution in [0.25, 0.3) is 0 Å². The molecule has 28 heavy (non-hydrogen) atoms. The van der Waals surface area contributed by atoms with Crippen LogP contribution in [-0.4, -0.2) is 60.0 Å². The third kappa shape index (κ3) is 16.7. The molecule has 5 nitrogen and oxygen atoms in total. The highest BCUT2D eigenvalue weighted by atomic mass is 16.5. The van der Waals surface area contributed by atoms with E-state index in [1.165, 1.54) is 6.42 Å². The fourth-order valence-corrected chi connectivity index (χ4v) is 2.54. The molecule has 0 heterocycles. The van der Waals surface area contributed by atoms with Crippen molar-refractivity contribution in [3.05, 3.63) is 0 Å². The predicted octanol–water partition coefficient (Wildman–Crippen LogP) is 4.18. The number of hydrogen-bond acceptors (Lipinski definition) is 5. The zero-order valence-electron chi connectivity index (χ0n) is 20.7. The first-order valence-electron chi connectivity index (χ1n) is 11.0. The normalized spacial score (nSPS) is 14.4. The monoisotopic (exact) mass is 401 g/mol. The molecule has 0 spiro atoms. The van der Waals surface area contributed by atoms with Gasteiger partial charge in [-0.05, 0) is 87.1 Å². The third-order valence-electron chi connectivity index (χ3n) is 4.75. The van der Waals surface area contributed by atoms with Crippen molar-refractivity contribution < 1.29 is 9.47 Å². The molecule has 0 bridgehead atoms. The Kier molecular flexibility index (Phi) is 11.2. The van der Waals surface area contributed by atoms with Gasteiger partial charge in [-0.1, -0.05) is 13.8 Å². The van der Waals surface area contributed by atoms with Gasteiger partial charge in [-0.3, -0.25) is 0 Å². The molecule has 0 aromatic rings. The molecule has 0 aromatic heterocycles. The Morgan fingerprint density at radius 3 is 1.32 bits per heavy atom. The summed E-state index contributed by atoms with van der Waals surface area (Å²) < 4.78 is 12.2. The Morgan fingerprint density at radius 1 is 0.679 bits per heavy atom. The molecule has 4 N–H and O–H groups in total. The number of rotatable bonds is 15. The minimum Gasteiger partial charge on any atom is -0.374 e. The molecule has 5 heteroatoms. The Hall–Kier alpha value is -0.200. The smallest absolute Gasteiger partial charge is 0.0648 e. The van der Waals surface area contributed by atoms with Gasteiger partial charge in [0.2, 0.25) is 0 Å². The quantitative estimate of drug-likeness (QED) is 0.430. The summed E-state index contributed by atoms with van der Waals surface area (Å²) in [5.41, 5.74) is 11.2. The van der Waals surface area contributed by atoms with Gasteiger partial charge in [0, 0.05) is 24.2 Å². The average molecular weight is 402 g/mol. The van der Waals surface area contributed by atoms with E-state index in [2.05, 4.69) is 46.4 Å². The van der Waals surface area contributed by atoms with Crippen LogP contribution >= 0.6 is 0 Å². The lowest BCUT2D eigenvalue weighted by molar-refractivity contribution is -0.0546. The van der Waals surface area contributed by atoms with Crippen molar-refractivity contribution in [2.24, 2.45) is 17.4 Å². The highest BCUT2D eigenvalue weighted by molar-refractivity contribution is 4.79. The van der Waals surface area contributed by atoms with Crippen LogP contribution in [-0.2, 0) is 9.47 Å². The second kappa shape index (κ2) is 11.3. The standard InChI is InChI=1S/C23H51N3O2/c1-19(2)11-14-26(15-12-22(7,8)27-17-20(3,4)24)16-13-23(9,10)28-18-21(5,6)25/h19H,11-18,24-25H2,1-10H3. The van der Waals surface area contributed by atoms with E-state index in [4.69, 9.17) is 20.9 Å². The maximum atomic E-state index is 6.10. The van der Waals surface area contributed by atoms with Crippen molar-refractivity contribution in [2.45, 2.75) is 111 Å². The summed E-state index contributed by atoms with van der Waals surface area (Å²) >= 11 is 0. The van der Waals surface area contributed by atoms with E-state index in [0.717, 1.165) is 32.5 Å². The number of nitrogens with two attached hydrogens (primary N) is 2. The van der Waals surface area contributed by atoms with E-state index < -0.39 is 0 Å². The zero-order chi connectivity index (χ0) is 22.2. The van der Waals surface area contributed by atoms with Crippen molar-refractivity contribution in [3.8, 4) is 0 Å². The lowest BCUT2D eigenvalue weighted by Crippen LogP contribution is -2.44. The molecule has 0 aromatic carbocycles. The van der Waals surface area contributed by atoms with Gasteiger partial charge in [0.15, 0.2) is 0 Å². The van der Waals surface area contributed by atoms with Crippen LogP contribution < -0.4 is 11.5 Å². The molecular weight excluding hydrogens is 350 g/mol. The van der Waals surface area contributed by atoms with Gasteiger partial charge in [-0.2, -0.15) is 0 Å². The molecule has 0 fully saturated rings. The van der Waals surface area contributed by atoms with Crippen LogP contribution in [0.15, 0.2) is 0 Å². The molecule has 0 saturated carbocycles. The molecule has 0 rings (SSSR count). The van der Waals surface area contributed by atoms with Crippen molar-refractivity contribution in [1.82, 2.24) is 4.90 Å². The first-order chi connectivity index (χ1) is 12.4. The zero-order valence-corrected chi connectivity index (χ0v) is 20.7. The Balaban J connectivity index is 4.68. The van der Waals surface area contributed by atoms with Crippen molar-refractivity contribution in [3.63, 3.8) is 0 Å². The van der Waals surface area contributed by atoms with Crippen molar-refractivity contribution >= 4 is 0 Å². The van der Waals surface area contributed by atoms with Crippen LogP contribution in [0, 0.1) is 5.92 Å². The van der Waals surface area contributed by atoms with Gasteiger partial charge in [0.25, 0.3) is 0 Å². The fraction of sp³-hybridized carbons (Fsp3) is 1.00. The highest BCUT2D eigenvalue weighted by Gasteiger charge is 2.26. The van der Waals surface area contributed by atoms with Crippen LogP contribution in [0.1, 0.15) is 88.5 Å². The Bertz CT molecular complexity index is 387. The lowest BCUT2D eigenvalue weighted by atomic mass is 10.0. The van der Waals surface area contributed by atoms with Gasteiger partial charge in [-0.15, -0.1) is 0 Å². The summed E-state index contributed by atoms with van der Waals surface area (Å²) in [6, 6.07) is 0. The molecule has 0 amide bonds. The van der Waals surface area contributed by atoms with Gasteiger partial charge in [0.1, 0.15) is 0 Å². The highest BCUT2D eigenvalue weighted by Crippen LogP contribution is 2.20. The van der Waals surface area contributed by atoms with E-state index >= 15 is 0 Å². The number of nitrogens with zero attached hydrogens (tertiary/aromatic N) is 1. The summed E-state index contributed by atoms with van der Waals surface area (Å²) in [7, 11) is 0. The third-order valence-corrected chi connectivity index (χ3v) is 4.75. The summed E-state index contributed by atoms with van der Waals surface area (Å²) in [5.74, 6) is 0.701. The summed E-state index contributed by atoms with van der Waals surface area (Å²) in [6.07, 6.45) is 3.17. The molecule has 0 aliphatic carbocycles. The number of ether oxygens (including phenoxy) is 2. The molecule has 0 aliphatic rings. The van der Waals surface area contributed by atoms with E-state index in [0.29, 0.717) is 19.1 Å². The van der Waals surface area contributed by atoms with Crippen LogP contribution in [0.3, 0.4) is 0 Å². The van der Waals surface area contributed by atoms with Crippen molar-refractivity contribution in [1.29, 1.82) is 0 Å². The minimum absolute atomic E-state index is 0.178. The van der Waals surface area contributed by atoms with Crippen molar-refractivity contribution in [2.75, 3.05) is 32.8 Å². The Morgan fingerprint density at radius 2 is 1.04 bits per heavy atom. The summed E-state index contributed by atoms with van der Waals surface area (Å²) in [5, 5.41) is 0. The first-order valence-corrected chi connectivity index (χ1v) is 11.0. The molecule has 0 atom stereocenters. The lowest BCUT2D eigenvalue weighted by Gasteiger charge is -2.35. The van der Waals surface area contributed by atoms with Gasteiger partial charge in [0.05, 0.1) is 24.4 Å². The van der Waals surface area contributed by atoms with Gasteiger partial charge >= 0.3 is 0 Å². The second-order valence-corrected chi connectivity index (χ2v) is 11.6. The summed E-state index contributed by atoms with van der Waals surface area (Å²) in [4.78, 5) is 2.55. The van der Waals surface area contributed by atoms with E-state index in [1.54, 1.807) is 0 Å². The second-order valence-electron chi connectivity index (χ2n) is 11.6. The molecule has 0 radical (unpaired) electrons. The van der Waals surface area contributed by atoms with Gasteiger partial charge < -0.3 is 25.8 Å².